The summed E-state index contributed by atoms with van der Waals surface area (Å²) in [5, 5.41) is 13.7. The smallest absolute Gasteiger partial charge is 0.504 e. The minimum atomic E-state index is -4.81. The van der Waals surface area contributed by atoms with Crippen molar-refractivity contribution in [2.45, 2.75) is 38.1 Å². The van der Waals surface area contributed by atoms with Crippen molar-refractivity contribution >= 4 is 0 Å². The second-order valence-electron chi connectivity index (χ2n) is 6.52. The lowest BCUT2D eigenvalue weighted by molar-refractivity contribution is -0.275. The van der Waals surface area contributed by atoms with Gasteiger partial charge in [0.1, 0.15) is 0 Å². The molecule has 1 saturated heterocycles. The average molecular weight is 344 g/mol. The normalized spacial score (nSPS) is 21.8. The third kappa shape index (κ3) is 3.95. The lowest BCUT2D eigenvalue weighted by Gasteiger charge is -2.39. The fourth-order valence-corrected chi connectivity index (χ4v) is 3.97. The zero-order chi connectivity index (χ0) is 17.2. The summed E-state index contributed by atoms with van der Waals surface area (Å²) < 4.78 is 41.7. The minimum Gasteiger partial charge on any atom is -0.504 e. The number of phenolic OH excluding ortho intramolecular Hbond substituents is 1. The van der Waals surface area contributed by atoms with Gasteiger partial charge < -0.3 is 15.2 Å². The largest absolute Gasteiger partial charge is 0.573 e. The molecular weight excluding hydrogens is 321 g/mol. The molecule has 1 aromatic rings. The summed E-state index contributed by atoms with van der Waals surface area (Å²) in [5.74, 6) is -0.543. The summed E-state index contributed by atoms with van der Waals surface area (Å²) in [7, 11) is 0. The number of hydrogen-bond acceptors (Lipinski definition) is 4. The second-order valence-corrected chi connectivity index (χ2v) is 6.52. The van der Waals surface area contributed by atoms with Gasteiger partial charge >= 0.3 is 6.36 Å². The molecule has 0 radical (unpaired) electrons. The van der Waals surface area contributed by atoms with Gasteiger partial charge in [-0.15, -0.1) is 13.2 Å². The standard InChI is InChI=1S/C17H23F3N2O2/c18-17(19,20)24-14-7-3-6-13(16(14)23)15(12-4-1-2-5-12)22-10-8-21-9-11-22/h3,6-7,12,15,21,23H,1-2,4-5,8-11H2/t15-/m0/s1. The molecule has 0 unspecified atom stereocenters. The third-order valence-corrected chi connectivity index (χ3v) is 4.97. The van der Waals surface area contributed by atoms with Crippen molar-refractivity contribution in [1.29, 1.82) is 0 Å². The number of aromatic hydroxyl groups is 1. The molecule has 7 heteroatoms. The van der Waals surface area contributed by atoms with E-state index in [0.717, 1.165) is 57.9 Å². The molecule has 2 fully saturated rings. The fraction of sp³-hybridized carbons (Fsp3) is 0.647. The summed E-state index contributed by atoms with van der Waals surface area (Å²) in [6, 6.07) is 4.35. The quantitative estimate of drug-likeness (QED) is 0.878. The summed E-state index contributed by atoms with van der Waals surface area (Å²) in [6.45, 7) is 3.35. The molecule has 1 aromatic carbocycles. The molecule has 0 bridgehead atoms. The SMILES string of the molecule is Oc1c(OC(F)(F)F)cccc1[C@H](C1CCCC1)N1CCNCC1. The van der Waals surface area contributed by atoms with E-state index in [9.17, 15) is 18.3 Å². The van der Waals surface area contributed by atoms with Crippen LogP contribution >= 0.6 is 0 Å². The Morgan fingerprint density at radius 2 is 1.83 bits per heavy atom. The summed E-state index contributed by atoms with van der Waals surface area (Å²) in [6.07, 6.45) is -0.468. The van der Waals surface area contributed by atoms with Gasteiger partial charge in [0, 0.05) is 37.8 Å². The van der Waals surface area contributed by atoms with Crippen molar-refractivity contribution in [1.82, 2.24) is 10.2 Å². The van der Waals surface area contributed by atoms with E-state index in [-0.39, 0.29) is 11.8 Å². The van der Waals surface area contributed by atoms with Crippen molar-refractivity contribution in [3.63, 3.8) is 0 Å². The monoisotopic (exact) mass is 344 g/mol. The number of ether oxygens (including phenoxy) is 1. The number of phenols is 1. The molecule has 2 N–H and O–H groups in total. The third-order valence-electron chi connectivity index (χ3n) is 4.97. The van der Waals surface area contributed by atoms with E-state index in [4.69, 9.17) is 0 Å². The van der Waals surface area contributed by atoms with Crippen LogP contribution in [-0.2, 0) is 0 Å². The van der Waals surface area contributed by atoms with Crippen LogP contribution < -0.4 is 10.1 Å². The highest BCUT2D eigenvalue weighted by atomic mass is 19.4. The minimum absolute atomic E-state index is 0.0635. The van der Waals surface area contributed by atoms with E-state index in [0.29, 0.717) is 11.5 Å². The lowest BCUT2D eigenvalue weighted by Crippen LogP contribution is -2.46. The number of benzene rings is 1. The van der Waals surface area contributed by atoms with E-state index in [1.807, 2.05) is 0 Å². The molecule has 4 nitrogen and oxygen atoms in total. The maximum Gasteiger partial charge on any atom is 0.573 e. The highest BCUT2D eigenvalue weighted by molar-refractivity contribution is 5.47. The van der Waals surface area contributed by atoms with Crippen LogP contribution in [0.1, 0.15) is 37.3 Å². The van der Waals surface area contributed by atoms with Gasteiger partial charge in [-0.2, -0.15) is 0 Å². The van der Waals surface area contributed by atoms with E-state index < -0.39 is 12.1 Å². The maximum absolute atomic E-state index is 12.6. The van der Waals surface area contributed by atoms with Crippen LogP contribution in [0.3, 0.4) is 0 Å². The summed E-state index contributed by atoms with van der Waals surface area (Å²) in [5.41, 5.74) is 0.547. The first-order valence-electron chi connectivity index (χ1n) is 8.48. The first-order chi connectivity index (χ1) is 11.5. The van der Waals surface area contributed by atoms with E-state index in [1.165, 1.54) is 6.07 Å². The van der Waals surface area contributed by atoms with Crippen LogP contribution in [-0.4, -0.2) is 42.5 Å². The predicted octanol–water partition coefficient (Wildman–Crippen LogP) is 3.43. The van der Waals surface area contributed by atoms with Gasteiger partial charge in [-0.05, 0) is 24.8 Å². The topological polar surface area (TPSA) is 44.7 Å². The molecule has 0 spiro atoms. The van der Waals surface area contributed by atoms with Gasteiger partial charge in [-0.1, -0.05) is 25.0 Å². The molecule has 0 aromatic heterocycles. The maximum atomic E-state index is 12.6. The van der Waals surface area contributed by atoms with E-state index >= 15 is 0 Å². The molecule has 1 aliphatic carbocycles. The van der Waals surface area contributed by atoms with Crippen LogP contribution in [0.2, 0.25) is 0 Å². The van der Waals surface area contributed by atoms with Gasteiger partial charge in [0.25, 0.3) is 0 Å². The Balaban J connectivity index is 1.93. The average Bonchev–Trinajstić information content (AvgIpc) is 3.05. The van der Waals surface area contributed by atoms with E-state index in [1.54, 1.807) is 6.07 Å². The number of halogens is 3. The summed E-state index contributed by atoms with van der Waals surface area (Å²) >= 11 is 0. The van der Waals surface area contributed by atoms with Crippen LogP contribution in [0.4, 0.5) is 13.2 Å². The number of para-hydroxylation sites is 1. The summed E-state index contributed by atoms with van der Waals surface area (Å²) in [4.78, 5) is 2.28. The fourth-order valence-electron chi connectivity index (χ4n) is 3.97. The van der Waals surface area contributed by atoms with Gasteiger partial charge in [0.2, 0.25) is 0 Å². The first-order valence-corrected chi connectivity index (χ1v) is 8.48. The first kappa shape index (κ1) is 17.4. The van der Waals surface area contributed by atoms with E-state index in [2.05, 4.69) is 15.0 Å². The Hall–Kier alpha value is -1.47. The van der Waals surface area contributed by atoms with Gasteiger partial charge in [-0.3, -0.25) is 4.90 Å². The van der Waals surface area contributed by atoms with Crippen molar-refractivity contribution in [2.75, 3.05) is 26.2 Å². The Kier molecular flexibility index (Phi) is 5.20. The van der Waals surface area contributed by atoms with Gasteiger partial charge in [-0.25, -0.2) is 0 Å². The Morgan fingerprint density at radius 3 is 2.46 bits per heavy atom. The molecule has 1 aliphatic heterocycles. The molecule has 3 rings (SSSR count). The Labute approximate surface area is 139 Å². The van der Waals surface area contributed by atoms with Crippen molar-refractivity contribution in [2.24, 2.45) is 5.92 Å². The van der Waals surface area contributed by atoms with Gasteiger partial charge in [0.05, 0.1) is 0 Å². The van der Waals surface area contributed by atoms with Crippen molar-refractivity contribution in [3.8, 4) is 11.5 Å². The lowest BCUT2D eigenvalue weighted by atomic mass is 9.89. The number of alkyl halides is 3. The molecule has 2 aliphatic rings. The molecule has 0 amide bonds. The molecule has 24 heavy (non-hydrogen) atoms. The number of nitrogens with one attached hydrogen (secondary N) is 1. The van der Waals surface area contributed by atoms with Crippen LogP contribution in [0.5, 0.6) is 11.5 Å². The molecule has 1 atom stereocenters. The number of piperazine rings is 1. The Morgan fingerprint density at radius 1 is 1.17 bits per heavy atom. The number of nitrogens with zero attached hydrogens (tertiary/aromatic N) is 1. The van der Waals surface area contributed by atoms with Crippen LogP contribution in [0.15, 0.2) is 18.2 Å². The highest BCUT2D eigenvalue weighted by Gasteiger charge is 2.36. The molecule has 134 valence electrons. The molecule has 1 saturated carbocycles. The van der Waals surface area contributed by atoms with Gasteiger partial charge in [0.15, 0.2) is 11.5 Å². The van der Waals surface area contributed by atoms with Crippen molar-refractivity contribution in [3.05, 3.63) is 23.8 Å². The number of hydrogen-bond donors (Lipinski definition) is 2. The Bertz CT molecular complexity index is 553. The highest BCUT2D eigenvalue weighted by Crippen LogP contribution is 2.45. The van der Waals surface area contributed by atoms with Crippen LogP contribution in [0, 0.1) is 5.92 Å². The predicted molar refractivity (Wildman–Crippen MR) is 83.9 cm³/mol. The van der Waals surface area contributed by atoms with Crippen LogP contribution in [0.25, 0.3) is 0 Å². The second kappa shape index (κ2) is 7.19. The zero-order valence-corrected chi connectivity index (χ0v) is 13.5. The molecule has 1 heterocycles. The van der Waals surface area contributed by atoms with Crippen molar-refractivity contribution < 1.29 is 23.0 Å². The number of rotatable bonds is 4. The zero-order valence-electron chi connectivity index (χ0n) is 13.5. The molecular formula is C17H23F3N2O2.